The van der Waals surface area contributed by atoms with E-state index in [4.69, 9.17) is 10.7 Å². The molecule has 0 bridgehead atoms. The maximum absolute atomic E-state index is 12.4. The van der Waals surface area contributed by atoms with Gasteiger partial charge in [-0.05, 0) is 36.4 Å². The molecule has 0 aliphatic heterocycles. The average Bonchev–Trinajstić information content (AvgIpc) is 2.68. The van der Waals surface area contributed by atoms with Crippen LogP contribution >= 0.6 is 22.4 Å². The molecule has 0 N–H and O–H groups in total. The second kappa shape index (κ2) is 5.94. The van der Waals surface area contributed by atoms with Crippen LogP contribution in [0.25, 0.3) is 11.3 Å². The minimum Gasteiger partial charge on any atom is -0.267 e. The highest BCUT2D eigenvalue weighted by Gasteiger charge is 2.17. The quantitative estimate of drug-likeness (QED) is 0.622. The summed E-state index contributed by atoms with van der Waals surface area (Å²) in [5, 5.41) is 4.12. The van der Waals surface area contributed by atoms with Crippen LogP contribution in [0.1, 0.15) is 5.56 Å². The summed E-state index contributed by atoms with van der Waals surface area (Å²) >= 11 is 0.331. The lowest BCUT2D eigenvalue weighted by atomic mass is 10.1. The van der Waals surface area contributed by atoms with Crippen LogP contribution in [0.15, 0.2) is 34.2 Å². The molecule has 0 saturated carbocycles. The molecule has 0 radical (unpaired) electrons. The molecule has 0 aliphatic rings. The molecule has 1 aromatic carbocycles. The Hall–Kier alpha value is -1.12. The van der Waals surface area contributed by atoms with Crippen molar-refractivity contribution in [3.8, 4) is 11.3 Å². The number of aromatic nitrogens is 2. The number of alkyl halides is 2. The van der Waals surface area contributed by atoms with Gasteiger partial charge in [0.2, 0.25) is 0 Å². The van der Waals surface area contributed by atoms with Gasteiger partial charge in [-0.3, -0.25) is 4.68 Å². The monoisotopic (exact) mass is 352 g/mol. The largest absolute Gasteiger partial charge is 0.290 e. The van der Waals surface area contributed by atoms with Gasteiger partial charge in [0.25, 0.3) is 14.8 Å². The number of halogens is 3. The predicted molar refractivity (Wildman–Crippen MR) is 78.3 cm³/mol. The number of thioether (sulfide) groups is 1. The van der Waals surface area contributed by atoms with Crippen LogP contribution in [0.5, 0.6) is 0 Å². The molecule has 21 heavy (non-hydrogen) atoms. The minimum absolute atomic E-state index is 0.00840. The van der Waals surface area contributed by atoms with Gasteiger partial charge in [-0.25, -0.2) is 8.42 Å². The number of nitrogens with zero attached hydrogens (tertiary/aromatic N) is 2. The van der Waals surface area contributed by atoms with Gasteiger partial charge in [0, 0.05) is 23.3 Å². The van der Waals surface area contributed by atoms with Gasteiger partial charge in [-0.1, -0.05) is 12.1 Å². The van der Waals surface area contributed by atoms with E-state index in [-0.39, 0.29) is 9.92 Å². The van der Waals surface area contributed by atoms with Crippen molar-refractivity contribution >= 4 is 31.5 Å². The molecule has 2 rings (SSSR count). The van der Waals surface area contributed by atoms with Gasteiger partial charge in [-0.15, -0.1) is 0 Å². The normalized spacial score (nSPS) is 12.1. The number of hydrogen-bond donors (Lipinski definition) is 0. The first-order chi connectivity index (χ1) is 9.68. The van der Waals surface area contributed by atoms with Crippen LogP contribution in [0.4, 0.5) is 8.78 Å². The number of hydrogen-bond acceptors (Lipinski definition) is 4. The van der Waals surface area contributed by atoms with Crippen molar-refractivity contribution < 1.29 is 17.2 Å². The summed E-state index contributed by atoms with van der Waals surface area (Å²) in [6.45, 7) is 1.63. The van der Waals surface area contributed by atoms with Crippen LogP contribution in [0.2, 0.25) is 0 Å². The molecule has 0 unspecified atom stereocenters. The molecule has 0 fully saturated rings. The molecule has 0 atom stereocenters. The van der Waals surface area contributed by atoms with Crippen LogP contribution < -0.4 is 0 Å². The first-order valence-corrected chi connectivity index (χ1v) is 8.92. The third-order valence-electron chi connectivity index (χ3n) is 2.81. The minimum atomic E-state index is -3.87. The molecule has 0 saturated heterocycles. The average molecular weight is 353 g/mol. The zero-order valence-corrected chi connectivity index (χ0v) is 13.4. The van der Waals surface area contributed by atoms with Gasteiger partial charge in [-0.2, -0.15) is 13.9 Å². The van der Waals surface area contributed by atoms with Gasteiger partial charge >= 0.3 is 0 Å². The van der Waals surface area contributed by atoms with E-state index in [0.29, 0.717) is 28.6 Å². The summed E-state index contributed by atoms with van der Waals surface area (Å²) in [4.78, 5) is -0.00840. The van der Waals surface area contributed by atoms with E-state index < -0.39 is 14.8 Å². The summed E-state index contributed by atoms with van der Waals surface area (Å²) in [6.07, 6.45) is 0. The highest BCUT2D eigenvalue weighted by atomic mass is 35.7. The van der Waals surface area contributed by atoms with Gasteiger partial charge in [0.1, 0.15) is 5.03 Å². The van der Waals surface area contributed by atoms with Gasteiger partial charge < -0.3 is 0 Å². The second-order valence-electron chi connectivity index (χ2n) is 4.29. The van der Waals surface area contributed by atoms with Crippen LogP contribution in [-0.4, -0.2) is 24.0 Å². The fraction of sp³-hybridized carbons (Fsp3) is 0.250. The zero-order valence-electron chi connectivity index (χ0n) is 11.0. The van der Waals surface area contributed by atoms with Crippen molar-refractivity contribution in [1.82, 2.24) is 9.78 Å². The van der Waals surface area contributed by atoms with E-state index in [1.807, 2.05) is 0 Å². The van der Waals surface area contributed by atoms with Crippen molar-refractivity contribution in [2.24, 2.45) is 7.05 Å². The first kappa shape index (κ1) is 16.3. The van der Waals surface area contributed by atoms with Crippen molar-refractivity contribution in [2.75, 3.05) is 0 Å². The molecule has 4 nitrogen and oxygen atoms in total. The predicted octanol–water partition coefficient (Wildman–Crippen LogP) is 3.64. The summed E-state index contributed by atoms with van der Waals surface area (Å²) < 4.78 is 49.2. The van der Waals surface area contributed by atoms with Crippen LogP contribution in [0, 0.1) is 6.92 Å². The fourth-order valence-corrected chi connectivity index (χ4v) is 3.63. The third kappa shape index (κ3) is 3.75. The lowest BCUT2D eigenvalue weighted by Crippen LogP contribution is -1.98. The Morgan fingerprint density at radius 1 is 1.33 bits per heavy atom. The Bertz CT molecular complexity index is 776. The fourth-order valence-electron chi connectivity index (χ4n) is 1.88. The van der Waals surface area contributed by atoms with Gasteiger partial charge in [0.05, 0.1) is 10.6 Å². The highest BCUT2D eigenvalue weighted by Crippen LogP contribution is 2.31. The van der Waals surface area contributed by atoms with Crippen molar-refractivity contribution in [3.63, 3.8) is 0 Å². The zero-order chi connectivity index (χ0) is 15.8. The lowest BCUT2D eigenvalue weighted by molar-refractivity contribution is 0.252. The van der Waals surface area contributed by atoms with E-state index in [0.717, 1.165) is 0 Å². The number of benzene rings is 1. The van der Waals surface area contributed by atoms with Crippen LogP contribution in [0.3, 0.4) is 0 Å². The van der Waals surface area contributed by atoms with Crippen LogP contribution in [-0.2, 0) is 16.1 Å². The smallest absolute Gasteiger partial charge is 0.267 e. The summed E-state index contributed by atoms with van der Waals surface area (Å²) in [5.41, 5.74) is 1.58. The lowest BCUT2D eigenvalue weighted by Gasteiger charge is -2.06. The number of aryl methyl sites for hydroxylation is 2. The molecule has 114 valence electrons. The molecule has 2 aromatic rings. The van der Waals surface area contributed by atoms with Crippen molar-refractivity contribution in [1.29, 1.82) is 0 Å². The summed E-state index contributed by atoms with van der Waals surface area (Å²) in [6, 6.07) is 6.18. The molecule has 0 spiro atoms. The van der Waals surface area contributed by atoms with E-state index in [9.17, 15) is 17.2 Å². The molecule has 1 heterocycles. The van der Waals surface area contributed by atoms with Crippen molar-refractivity contribution in [3.05, 3.63) is 29.8 Å². The number of rotatable bonds is 4. The maximum Gasteiger partial charge on any atom is 0.290 e. The Morgan fingerprint density at radius 2 is 2.00 bits per heavy atom. The summed E-state index contributed by atoms with van der Waals surface area (Å²) in [5.74, 6) is -2.57. The van der Waals surface area contributed by atoms with E-state index in [2.05, 4.69) is 5.10 Å². The molecular weight excluding hydrogens is 342 g/mol. The SMILES string of the molecule is Cc1ccc(-c2cc(SC(F)F)nn2C)cc1S(=O)(=O)Cl. The van der Waals surface area contributed by atoms with E-state index in [1.165, 1.54) is 16.8 Å². The highest BCUT2D eigenvalue weighted by molar-refractivity contribution is 8.13. The Kier molecular flexibility index (Phi) is 4.60. The Balaban J connectivity index is 2.50. The Morgan fingerprint density at radius 3 is 2.57 bits per heavy atom. The van der Waals surface area contributed by atoms with Crippen molar-refractivity contribution in [2.45, 2.75) is 22.6 Å². The molecule has 0 amide bonds. The maximum atomic E-state index is 12.4. The third-order valence-corrected chi connectivity index (χ3v) is 4.90. The molecule has 9 heteroatoms. The Labute approximate surface area is 129 Å². The molecule has 1 aromatic heterocycles. The van der Waals surface area contributed by atoms with E-state index in [1.54, 1.807) is 26.1 Å². The van der Waals surface area contributed by atoms with Gasteiger partial charge in [0.15, 0.2) is 0 Å². The van der Waals surface area contributed by atoms with E-state index >= 15 is 0 Å². The molecule has 0 aliphatic carbocycles. The first-order valence-electron chi connectivity index (χ1n) is 5.73. The second-order valence-corrected chi connectivity index (χ2v) is 7.83. The molecular formula is C12H11ClF2N2O2S2. The summed E-state index contributed by atoms with van der Waals surface area (Å²) in [7, 11) is 3.11. The topological polar surface area (TPSA) is 52.0 Å². The standard InChI is InChI=1S/C12H11ClF2N2O2S2/c1-7-3-4-8(5-10(7)21(13,18)19)9-6-11(16-17(9)2)20-12(14)15/h3-6,12H,1-2H3.